The molecule has 1 fully saturated rings. The molecule has 120 valence electrons. The number of sulfone groups is 1. The monoisotopic (exact) mass is 336 g/mol. The van der Waals surface area contributed by atoms with Gasteiger partial charge in [-0.1, -0.05) is 6.92 Å². The molecule has 1 aliphatic heterocycles. The van der Waals surface area contributed by atoms with Gasteiger partial charge in [-0.3, -0.25) is 4.68 Å². The molecule has 0 spiro atoms. The summed E-state index contributed by atoms with van der Waals surface area (Å²) in [6.07, 6.45) is 2.51. The summed E-state index contributed by atoms with van der Waals surface area (Å²) in [6.45, 7) is 2.67. The Labute approximate surface area is 124 Å². The number of nitrogens with two attached hydrogens (primary N) is 1. The molecule has 1 aromatic rings. The first kappa shape index (κ1) is 16.2. The van der Waals surface area contributed by atoms with Crippen molar-refractivity contribution < 1.29 is 16.8 Å². The number of anilines is 1. The smallest absolute Gasteiger partial charge is 0.248 e. The van der Waals surface area contributed by atoms with E-state index >= 15 is 0 Å². The zero-order valence-corrected chi connectivity index (χ0v) is 13.5. The van der Waals surface area contributed by atoms with Gasteiger partial charge in [0.1, 0.15) is 4.90 Å². The van der Waals surface area contributed by atoms with E-state index in [0.717, 1.165) is 6.42 Å². The van der Waals surface area contributed by atoms with Crippen LogP contribution in [0.1, 0.15) is 19.8 Å². The van der Waals surface area contributed by atoms with E-state index in [2.05, 4.69) is 5.10 Å². The van der Waals surface area contributed by atoms with Crippen LogP contribution in [0.15, 0.2) is 11.1 Å². The molecule has 0 unspecified atom stereocenters. The Bertz CT molecular complexity index is 709. The second-order valence-corrected chi connectivity index (χ2v) is 9.26. The first-order valence-corrected chi connectivity index (χ1v) is 10.1. The summed E-state index contributed by atoms with van der Waals surface area (Å²) < 4.78 is 51.0. The van der Waals surface area contributed by atoms with Gasteiger partial charge in [0.05, 0.1) is 11.5 Å². The highest BCUT2D eigenvalue weighted by Gasteiger charge is 2.31. The van der Waals surface area contributed by atoms with Gasteiger partial charge in [-0.05, 0) is 12.8 Å². The minimum absolute atomic E-state index is 0.0175. The summed E-state index contributed by atoms with van der Waals surface area (Å²) in [5.41, 5.74) is 5.70. The molecule has 1 aliphatic rings. The van der Waals surface area contributed by atoms with E-state index in [4.69, 9.17) is 5.73 Å². The zero-order chi connectivity index (χ0) is 15.7. The number of hydrogen-bond donors (Lipinski definition) is 1. The summed E-state index contributed by atoms with van der Waals surface area (Å²) in [6, 6.07) is 0. The van der Waals surface area contributed by atoms with Crippen LogP contribution >= 0.6 is 0 Å². The van der Waals surface area contributed by atoms with Crippen LogP contribution in [0, 0.1) is 0 Å². The van der Waals surface area contributed by atoms with Gasteiger partial charge in [0, 0.05) is 25.8 Å². The van der Waals surface area contributed by atoms with Crippen molar-refractivity contribution in [3.8, 4) is 0 Å². The van der Waals surface area contributed by atoms with E-state index in [1.165, 1.54) is 15.2 Å². The molecule has 21 heavy (non-hydrogen) atoms. The number of aryl methyl sites for hydroxylation is 1. The van der Waals surface area contributed by atoms with Gasteiger partial charge in [-0.15, -0.1) is 0 Å². The van der Waals surface area contributed by atoms with E-state index in [-0.39, 0.29) is 35.3 Å². The molecule has 0 radical (unpaired) electrons. The lowest BCUT2D eigenvalue weighted by Crippen LogP contribution is -2.33. The minimum atomic E-state index is -3.80. The van der Waals surface area contributed by atoms with Gasteiger partial charge < -0.3 is 5.73 Å². The zero-order valence-electron chi connectivity index (χ0n) is 11.9. The largest absolute Gasteiger partial charge is 0.381 e. The van der Waals surface area contributed by atoms with Gasteiger partial charge in [-0.2, -0.15) is 9.40 Å². The minimum Gasteiger partial charge on any atom is -0.381 e. The quantitative estimate of drug-likeness (QED) is 0.806. The fourth-order valence-corrected chi connectivity index (χ4v) is 5.18. The van der Waals surface area contributed by atoms with Crippen molar-refractivity contribution in [1.29, 1.82) is 0 Å². The Kier molecular flexibility index (Phi) is 4.59. The third-order valence-corrected chi connectivity index (χ3v) is 6.97. The van der Waals surface area contributed by atoms with Crippen molar-refractivity contribution in [2.45, 2.75) is 31.2 Å². The highest BCUT2D eigenvalue weighted by atomic mass is 32.2. The van der Waals surface area contributed by atoms with Crippen LogP contribution in [0.3, 0.4) is 0 Å². The van der Waals surface area contributed by atoms with Gasteiger partial charge in [-0.25, -0.2) is 16.8 Å². The number of nitrogens with zero attached hydrogens (tertiary/aromatic N) is 3. The molecule has 8 nitrogen and oxygen atoms in total. The molecule has 10 heteroatoms. The van der Waals surface area contributed by atoms with E-state index in [1.807, 2.05) is 6.92 Å². The lowest BCUT2D eigenvalue weighted by molar-refractivity contribution is 0.435. The molecule has 1 saturated heterocycles. The van der Waals surface area contributed by atoms with Crippen molar-refractivity contribution in [2.24, 2.45) is 0 Å². The maximum atomic E-state index is 12.6. The van der Waals surface area contributed by atoms with Crippen molar-refractivity contribution in [2.75, 3.05) is 30.3 Å². The molecule has 0 aromatic carbocycles. The van der Waals surface area contributed by atoms with Crippen LogP contribution in [-0.2, 0) is 26.4 Å². The first-order chi connectivity index (χ1) is 9.76. The lowest BCUT2D eigenvalue weighted by atomic mass is 10.5. The number of rotatable bonds is 4. The molecule has 2 N–H and O–H groups in total. The fraction of sp³-hybridized carbons (Fsp3) is 0.727. The first-order valence-electron chi connectivity index (χ1n) is 6.80. The summed E-state index contributed by atoms with van der Waals surface area (Å²) in [7, 11) is -6.97. The van der Waals surface area contributed by atoms with Crippen molar-refractivity contribution in [3.63, 3.8) is 0 Å². The highest BCUT2D eigenvalue weighted by Crippen LogP contribution is 2.22. The van der Waals surface area contributed by atoms with Crippen LogP contribution in [0.4, 0.5) is 5.82 Å². The SMILES string of the molecule is CCCn1cc(S(=O)(=O)N2CCCS(=O)(=O)CC2)c(N)n1. The molecule has 1 aromatic heterocycles. The van der Waals surface area contributed by atoms with Crippen LogP contribution in [0.25, 0.3) is 0 Å². The number of nitrogen functional groups attached to an aromatic ring is 1. The predicted molar refractivity (Wildman–Crippen MR) is 79.0 cm³/mol. The summed E-state index contributed by atoms with van der Waals surface area (Å²) in [5.74, 6) is -0.186. The van der Waals surface area contributed by atoms with Crippen LogP contribution in [0.5, 0.6) is 0 Å². The van der Waals surface area contributed by atoms with Gasteiger partial charge in [0.2, 0.25) is 10.0 Å². The van der Waals surface area contributed by atoms with Crippen LogP contribution in [0.2, 0.25) is 0 Å². The molecule has 0 amide bonds. The number of hydrogen-bond acceptors (Lipinski definition) is 6. The van der Waals surface area contributed by atoms with Gasteiger partial charge >= 0.3 is 0 Å². The maximum Gasteiger partial charge on any atom is 0.248 e. The predicted octanol–water partition coefficient (Wildman–Crippen LogP) is -0.315. The Morgan fingerprint density at radius 2 is 2.05 bits per heavy atom. The van der Waals surface area contributed by atoms with E-state index in [0.29, 0.717) is 13.0 Å². The topological polar surface area (TPSA) is 115 Å². The highest BCUT2D eigenvalue weighted by molar-refractivity contribution is 7.91. The molecular weight excluding hydrogens is 316 g/mol. The van der Waals surface area contributed by atoms with Crippen LogP contribution < -0.4 is 5.73 Å². The Morgan fingerprint density at radius 1 is 1.33 bits per heavy atom. The molecule has 0 atom stereocenters. The molecule has 0 aliphatic carbocycles. The maximum absolute atomic E-state index is 12.6. The molecule has 0 bridgehead atoms. The second kappa shape index (κ2) is 5.93. The van der Waals surface area contributed by atoms with E-state index < -0.39 is 19.9 Å². The third-order valence-electron chi connectivity index (χ3n) is 3.34. The average molecular weight is 336 g/mol. The number of aromatic nitrogens is 2. The van der Waals surface area contributed by atoms with Crippen LogP contribution in [-0.4, -0.2) is 55.5 Å². The van der Waals surface area contributed by atoms with E-state index in [9.17, 15) is 16.8 Å². The number of sulfonamides is 1. The van der Waals surface area contributed by atoms with Gasteiger partial charge in [0.15, 0.2) is 15.7 Å². The molecule has 0 saturated carbocycles. The Morgan fingerprint density at radius 3 is 2.71 bits per heavy atom. The molecule has 2 rings (SSSR count). The Hall–Kier alpha value is -1.13. The van der Waals surface area contributed by atoms with Crippen molar-refractivity contribution >= 4 is 25.7 Å². The summed E-state index contributed by atoms with van der Waals surface area (Å²) >= 11 is 0. The van der Waals surface area contributed by atoms with E-state index in [1.54, 1.807) is 0 Å². The summed E-state index contributed by atoms with van der Waals surface area (Å²) in [5, 5.41) is 3.98. The third kappa shape index (κ3) is 3.55. The average Bonchev–Trinajstić information content (AvgIpc) is 2.64. The summed E-state index contributed by atoms with van der Waals surface area (Å²) in [4.78, 5) is -0.0461. The standard InChI is InChI=1S/C11H20N4O4S2/c1-2-4-14-9-10(11(12)13-14)21(18,19)15-5-3-7-20(16,17)8-6-15/h9H,2-8H2,1H3,(H2,12,13). The fourth-order valence-electron chi connectivity index (χ4n) is 2.26. The van der Waals surface area contributed by atoms with Gasteiger partial charge in [0.25, 0.3) is 0 Å². The van der Waals surface area contributed by atoms with Crippen molar-refractivity contribution in [3.05, 3.63) is 6.20 Å². The molecular formula is C11H20N4O4S2. The normalized spacial score (nSPS) is 20.2. The molecule has 2 heterocycles. The lowest BCUT2D eigenvalue weighted by Gasteiger charge is -2.18. The van der Waals surface area contributed by atoms with Crippen molar-refractivity contribution in [1.82, 2.24) is 14.1 Å². The Balaban J connectivity index is 2.29. The second-order valence-electron chi connectivity index (χ2n) is 5.05.